The van der Waals surface area contributed by atoms with Crippen LogP contribution in [0.1, 0.15) is 58.1 Å². The summed E-state index contributed by atoms with van der Waals surface area (Å²) in [4.78, 5) is 0. The van der Waals surface area contributed by atoms with E-state index in [0.717, 1.165) is 24.9 Å². The molecule has 1 aliphatic carbocycles. The number of halogens is 1. The van der Waals surface area contributed by atoms with Crippen molar-refractivity contribution in [3.8, 4) is 5.75 Å². The van der Waals surface area contributed by atoms with Crippen molar-refractivity contribution in [3.63, 3.8) is 0 Å². The van der Waals surface area contributed by atoms with Crippen LogP contribution in [0.2, 0.25) is 0 Å². The fourth-order valence-electron chi connectivity index (χ4n) is 3.43. The number of rotatable bonds is 5. The van der Waals surface area contributed by atoms with E-state index in [1.165, 1.54) is 20.0 Å². The highest BCUT2D eigenvalue weighted by atomic mass is 19.1. The van der Waals surface area contributed by atoms with Gasteiger partial charge in [-0.15, -0.1) is 0 Å². The first-order chi connectivity index (χ1) is 9.98. The number of hydrogen-bond donors (Lipinski definition) is 1. The number of ether oxygens (including phenoxy) is 1. The van der Waals surface area contributed by atoms with Crippen LogP contribution < -0.4 is 10.1 Å². The molecule has 1 aromatic rings. The maximum atomic E-state index is 14.6. The third-order valence-corrected chi connectivity index (χ3v) is 4.83. The monoisotopic (exact) mass is 293 g/mol. The average Bonchev–Trinajstić information content (AvgIpc) is 2.46. The Bertz CT molecular complexity index is 462. The van der Waals surface area contributed by atoms with Crippen LogP contribution in [-0.4, -0.2) is 13.7 Å². The molecule has 1 aromatic carbocycles. The third kappa shape index (κ3) is 3.76. The quantitative estimate of drug-likeness (QED) is 0.849. The second kappa shape index (κ2) is 6.78. The fraction of sp³-hybridized carbons (Fsp3) is 0.667. The lowest BCUT2D eigenvalue weighted by Gasteiger charge is -2.38. The molecule has 1 unspecified atom stereocenters. The number of hydrogen-bond acceptors (Lipinski definition) is 2. The van der Waals surface area contributed by atoms with Gasteiger partial charge in [-0.2, -0.15) is 0 Å². The van der Waals surface area contributed by atoms with Crippen molar-refractivity contribution >= 4 is 0 Å². The molecule has 0 saturated heterocycles. The molecule has 0 bridgehead atoms. The van der Waals surface area contributed by atoms with Gasteiger partial charge in [0, 0.05) is 11.6 Å². The Morgan fingerprint density at radius 3 is 2.57 bits per heavy atom. The van der Waals surface area contributed by atoms with E-state index in [1.807, 2.05) is 12.1 Å². The van der Waals surface area contributed by atoms with Gasteiger partial charge in [0.15, 0.2) is 11.6 Å². The minimum Gasteiger partial charge on any atom is -0.494 e. The average molecular weight is 293 g/mol. The molecule has 0 aromatic heterocycles. The molecule has 1 saturated carbocycles. The summed E-state index contributed by atoms with van der Waals surface area (Å²) in [5.41, 5.74) is 1.18. The van der Waals surface area contributed by atoms with Crippen LogP contribution in [0.3, 0.4) is 0 Å². The first-order valence-electron chi connectivity index (χ1n) is 8.04. The molecular weight excluding hydrogens is 265 g/mol. The Labute approximate surface area is 128 Å². The van der Waals surface area contributed by atoms with Crippen LogP contribution in [0.15, 0.2) is 18.2 Å². The second-order valence-corrected chi connectivity index (χ2v) is 6.90. The van der Waals surface area contributed by atoms with Gasteiger partial charge in [-0.1, -0.05) is 32.9 Å². The Hall–Kier alpha value is -1.09. The molecule has 0 spiro atoms. The third-order valence-electron chi connectivity index (χ3n) is 4.83. The second-order valence-electron chi connectivity index (χ2n) is 6.90. The molecule has 0 amide bonds. The summed E-state index contributed by atoms with van der Waals surface area (Å²) in [7, 11) is 1.52. The molecule has 118 valence electrons. The molecule has 1 aliphatic rings. The SMILES string of the molecule is CCNC(c1cccc(OC)c1F)C1CCC(C)(C)CC1. The van der Waals surface area contributed by atoms with Crippen molar-refractivity contribution in [3.05, 3.63) is 29.6 Å². The predicted molar refractivity (Wildman–Crippen MR) is 85.1 cm³/mol. The van der Waals surface area contributed by atoms with Gasteiger partial charge < -0.3 is 10.1 Å². The maximum absolute atomic E-state index is 14.6. The highest BCUT2D eigenvalue weighted by Crippen LogP contribution is 2.43. The zero-order chi connectivity index (χ0) is 15.5. The fourth-order valence-corrected chi connectivity index (χ4v) is 3.43. The van der Waals surface area contributed by atoms with Crippen LogP contribution in [0.4, 0.5) is 4.39 Å². The summed E-state index contributed by atoms with van der Waals surface area (Å²) in [5, 5.41) is 3.49. The highest BCUT2D eigenvalue weighted by molar-refractivity contribution is 5.33. The van der Waals surface area contributed by atoms with Crippen molar-refractivity contribution in [1.29, 1.82) is 0 Å². The van der Waals surface area contributed by atoms with Gasteiger partial charge in [-0.25, -0.2) is 4.39 Å². The molecule has 0 radical (unpaired) electrons. The summed E-state index contributed by atoms with van der Waals surface area (Å²) in [6, 6.07) is 5.55. The molecule has 0 aliphatic heterocycles. The first-order valence-corrected chi connectivity index (χ1v) is 8.04. The largest absolute Gasteiger partial charge is 0.494 e. The number of nitrogens with one attached hydrogen (secondary N) is 1. The molecule has 1 atom stereocenters. The Morgan fingerprint density at radius 2 is 2.00 bits per heavy atom. The van der Waals surface area contributed by atoms with Crippen molar-refractivity contribution in [2.45, 2.75) is 52.5 Å². The molecule has 1 fully saturated rings. The molecule has 21 heavy (non-hydrogen) atoms. The number of methoxy groups -OCH3 is 1. The highest BCUT2D eigenvalue weighted by Gasteiger charge is 2.33. The van der Waals surface area contributed by atoms with E-state index in [-0.39, 0.29) is 11.9 Å². The molecule has 3 heteroatoms. The number of benzene rings is 1. The molecular formula is C18H28FNO. The van der Waals surface area contributed by atoms with E-state index in [9.17, 15) is 4.39 Å². The van der Waals surface area contributed by atoms with Crippen molar-refractivity contribution < 1.29 is 9.13 Å². The smallest absolute Gasteiger partial charge is 0.169 e. The summed E-state index contributed by atoms with van der Waals surface area (Å²) in [6.45, 7) is 7.59. The Kier molecular flexibility index (Phi) is 5.26. The lowest BCUT2D eigenvalue weighted by atomic mass is 9.70. The van der Waals surface area contributed by atoms with E-state index in [1.54, 1.807) is 6.07 Å². The zero-order valence-corrected chi connectivity index (χ0v) is 13.7. The Morgan fingerprint density at radius 1 is 1.33 bits per heavy atom. The van der Waals surface area contributed by atoms with Gasteiger partial charge in [-0.3, -0.25) is 0 Å². The van der Waals surface area contributed by atoms with Crippen molar-refractivity contribution in [2.24, 2.45) is 11.3 Å². The van der Waals surface area contributed by atoms with Crippen LogP contribution in [-0.2, 0) is 0 Å². The summed E-state index contributed by atoms with van der Waals surface area (Å²) in [6.07, 6.45) is 4.74. The van der Waals surface area contributed by atoms with Crippen LogP contribution in [0.25, 0.3) is 0 Å². The summed E-state index contributed by atoms with van der Waals surface area (Å²) >= 11 is 0. The van der Waals surface area contributed by atoms with Crippen LogP contribution in [0, 0.1) is 17.2 Å². The summed E-state index contributed by atoms with van der Waals surface area (Å²) < 4.78 is 19.7. The topological polar surface area (TPSA) is 21.3 Å². The first kappa shape index (κ1) is 16.3. The molecule has 2 nitrogen and oxygen atoms in total. The lowest BCUT2D eigenvalue weighted by Crippen LogP contribution is -2.33. The molecule has 2 rings (SSSR count). The van der Waals surface area contributed by atoms with E-state index in [0.29, 0.717) is 17.1 Å². The van der Waals surface area contributed by atoms with Gasteiger partial charge >= 0.3 is 0 Å². The summed E-state index contributed by atoms with van der Waals surface area (Å²) in [5.74, 6) is 0.627. The van der Waals surface area contributed by atoms with Crippen LogP contribution >= 0.6 is 0 Å². The minimum atomic E-state index is -0.212. The predicted octanol–water partition coefficient (Wildman–Crippen LogP) is 4.70. The standard InChI is InChI=1S/C18H28FNO/c1-5-20-17(13-9-11-18(2,3)12-10-13)14-7-6-8-15(21-4)16(14)19/h6-8,13,17,20H,5,9-12H2,1-4H3. The van der Waals surface area contributed by atoms with Gasteiger partial charge in [0.2, 0.25) is 0 Å². The van der Waals surface area contributed by atoms with Gasteiger partial charge in [0.1, 0.15) is 0 Å². The van der Waals surface area contributed by atoms with E-state index >= 15 is 0 Å². The van der Waals surface area contributed by atoms with Gasteiger partial charge in [0.25, 0.3) is 0 Å². The lowest BCUT2D eigenvalue weighted by molar-refractivity contribution is 0.160. The van der Waals surface area contributed by atoms with E-state index in [2.05, 4.69) is 26.1 Å². The van der Waals surface area contributed by atoms with Crippen molar-refractivity contribution in [1.82, 2.24) is 5.32 Å². The minimum absolute atomic E-state index is 0.0844. The van der Waals surface area contributed by atoms with E-state index in [4.69, 9.17) is 4.74 Å². The Balaban J connectivity index is 2.23. The molecule has 0 heterocycles. The van der Waals surface area contributed by atoms with Crippen molar-refractivity contribution in [2.75, 3.05) is 13.7 Å². The normalized spacial score (nSPS) is 20.2. The van der Waals surface area contributed by atoms with E-state index < -0.39 is 0 Å². The maximum Gasteiger partial charge on any atom is 0.169 e. The van der Waals surface area contributed by atoms with Gasteiger partial charge in [0.05, 0.1) is 7.11 Å². The van der Waals surface area contributed by atoms with Crippen LogP contribution in [0.5, 0.6) is 5.75 Å². The van der Waals surface area contributed by atoms with Gasteiger partial charge in [-0.05, 0) is 49.6 Å². The zero-order valence-electron chi connectivity index (χ0n) is 13.7. The molecule has 1 N–H and O–H groups in total.